The van der Waals surface area contributed by atoms with E-state index in [1.165, 1.54) is 9.13 Å². The minimum atomic E-state index is -3.61. The average Bonchev–Trinajstić information content (AvgIpc) is 2.91. The fourth-order valence-corrected chi connectivity index (χ4v) is 4.64. The first-order chi connectivity index (χ1) is 10.7. The Labute approximate surface area is 135 Å². The molecule has 0 spiro atoms. The third kappa shape index (κ3) is 2.71. The van der Waals surface area contributed by atoms with E-state index in [0.29, 0.717) is 17.6 Å². The molecule has 0 saturated carbocycles. The number of hydrogen-bond acceptors (Lipinski definition) is 4. The smallest absolute Gasteiger partial charge is 0.304 e. The molecule has 23 heavy (non-hydrogen) atoms. The summed E-state index contributed by atoms with van der Waals surface area (Å²) in [4.78, 5) is 14.3. The zero-order chi connectivity index (χ0) is 16.9. The van der Waals surface area contributed by atoms with Crippen LogP contribution in [-0.4, -0.2) is 48.6 Å². The standard InChI is InChI=1S/C15H22N4O3S/c1-10-8-17(2)9-12(10)16-23(21,22)11-5-6-13-14(7-11)19(4)15(20)18(13)3/h5-7,10,12,16H,8-9H2,1-4H3. The predicted octanol–water partition coefficient (Wildman–Crippen LogP) is 0.105. The number of fused-ring (bicyclic) bond motifs is 1. The van der Waals surface area contributed by atoms with Crippen molar-refractivity contribution in [1.82, 2.24) is 18.8 Å². The molecule has 2 unspecified atom stereocenters. The van der Waals surface area contributed by atoms with Crippen molar-refractivity contribution in [2.45, 2.75) is 17.9 Å². The molecule has 1 aliphatic rings. The molecule has 1 N–H and O–H groups in total. The lowest BCUT2D eigenvalue weighted by Crippen LogP contribution is -2.39. The number of imidazole rings is 1. The summed E-state index contributed by atoms with van der Waals surface area (Å²) in [5, 5.41) is 0. The van der Waals surface area contributed by atoms with Gasteiger partial charge in [-0.05, 0) is 31.2 Å². The molecule has 7 nitrogen and oxygen atoms in total. The molecule has 1 aromatic heterocycles. The molecule has 1 aliphatic heterocycles. The van der Waals surface area contributed by atoms with E-state index in [2.05, 4.69) is 9.62 Å². The molecule has 0 radical (unpaired) electrons. The largest absolute Gasteiger partial charge is 0.328 e. The van der Waals surface area contributed by atoms with E-state index in [1.54, 1.807) is 32.3 Å². The van der Waals surface area contributed by atoms with Crippen molar-refractivity contribution in [3.63, 3.8) is 0 Å². The summed E-state index contributed by atoms with van der Waals surface area (Å²) in [6.45, 7) is 3.62. The van der Waals surface area contributed by atoms with Crippen molar-refractivity contribution < 1.29 is 8.42 Å². The van der Waals surface area contributed by atoms with Gasteiger partial charge in [-0.25, -0.2) is 17.9 Å². The van der Waals surface area contributed by atoms with Gasteiger partial charge in [0.25, 0.3) is 0 Å². The van der Waals surface area contributed by atoms with Crippen molar-refractivity contribution in [2.24, 2.45) is 20.0 Å². The fourth-order valence-electron chi connectivity index (χ4n) is 3.28. The van der Waals surface area contributed by atoms with Crippen LogP contribution in [0.5, 0.6) is 0 Å². The van der Waals surface area contributed by atoms with Crippen LogP contribution >= 0.6 is 0 Å². The number of nitrogens with zero attached hydrogens (tertiary/aromatic N) is 3. The van der Waals surface area contributed by atoms with Crippen LogP contribution in [-0.2, 0) is 24.1 Å². The number of benzene rings is 1. The third-order valence-electron chi connectivity index (χ3n) is 4.66. The summed E-state index contributed by atoms with van der Waals surface area (Å²) >= 11 is 0. The lowest BCUT2D eigenvalue weighted by molar-refractivity contribution is 0.400. The van der Waals surface area contributed by atoms with Gasteiger partial charge in [-0.3, -0.25) is 9.13 Å². The number of likely N-dealkylation sites (N-methyl/N-ethyl adjacent to an activating group) is 1. The second-order valence-electron chi connectivity index (χ2n) is 6.48. The van der Waals surface area contributed by atoms with Crippen LogP contribution < -0.4 is 10.4 Å². The maximum Gasteiger partial charge on any atom is 0.328 e. The van der Waals surface area contributed by atoms with Crippen LogP contribution in [0.3, 0.4) is 0 Å². The molecule has 1 fully saturated rings. The van der Waals surface area contributed by atoms with Crippen molar-refractivity contribution in [3.05, 3.63) is 28.7 Å². The van der Waals surface area contributed by atoms with Crippen molar-refractivity contribution in [1.29, 1.82) is 0 Å². The number of rotatable bonds is 3. The Bertz CT molecular complexity index is 913. The lowest BCUT2D eigenvalue weighted by atomic mass is 10.1. The fraction of sp³-hybridized carbons (Fsp3) is 0.533. The highest BCUT2D eigenvalue weighted by Crippen LogP contribution is 2.21. The molecule has 2 aromatic rings. The Balaban J connectivity index is 1.99. The highest BCUT2D eigenvalue weighted by Gasteiger charge is 2.31. The summed E-state index contributed by atoms with van der Waals surface area (Å²) in [6.07, 6.45) is 0. The van der Waals surface area contributed by atoms with Gasteiger partial charge in [0.15, 0.2) is 0 Å². The van der Waals surface area contributed by atoms with Gasteiger partial charge >= 0.3 is 5.69 Å². The van der Waals surface area contributed by atoms with Crippen LogP contribution in [0.4, 0.5) is 0 Å². The maximum atomic E-state index is 12.7. The summed E-state index contributed by atoms with van der Waals surface area (Å²) in [5.41, 5.74) is 1.15. The third-order valence-corrected chi connectivity index (χ3v) is 6.14. The quantitative estimate of drug-likeness (QED) is 0.862. The van der Waals surface area contributed by atoms with Crippen molar-refractivity contribution >= 4 is 21.1 Å². The van der Waals surface area contributed by atoms with E-state index in [9.17, 15) is 13.2 Å². The molecule has 8 heteroatoms. The number of likely N-dealkylation sites (tertiary alicyclic amines) is 1. The average molecular weight is 338 g/mol. The molecule has 1 aromatic carbocycles. The highest BCUT2D eigenvalue weighted by atomic mass is 32.2. The number of nitrogens with one attached hydrogen (secondary N) is 1. The van der Waals surface area contributed by atoms with Gasteiger partial charge in [-0.2, -0.15) is 0 Å². The van der Waals surface area contributed by atoms with Gasteiger partial charge in [0.05, 0.1) is 15.9 Å². The molecule has 0 aliphatic carbocycles. The van der Waals surface area contributed by atoms with Crippen LogP contribution in [0, 0.1) is 5.92 Å². The molecule has 3 rings (SSSR count). The van der Waals surface area contributed by atoms with E-state index in [1.807, 2.05) is 14.0 Å². The first-order valence-corrected chi connectivity index (χ1v) is 9.05. The first kappa shape index (κ1) is 16.2. The van der Waals surface area contributed by atoms with E-state index in [4.69, 9.17) is 0 Å². The second-order valence-corrected chi connectivity index (χ2v) is 8.19. The number of hydrogen-bond donors (Lipinski definition) is 1. The second kappa shape index (κ2) is 5.47. The molecule has 2 atom stereocenters. The maximum absolute atomic E-state index is 12.7. The van der Waals surface area contributed by atoms with Gasteiger partial charge in [-0.1, -0.05) is 6.92 Å². The Morgan fingerprint density at radius 3 is 2.35 bits per heavy atom. The van der Waals surface area contributed by atoms with Gasteiger partial charge in [-0.15, -0.1) is 0 Å². The molecule has 1 saturated heterocycles. The topological polar surface area (TPSA) is 76.3 Å². The molecule has 0 bridgehead atoms. The number of aromatic nitrogens is 2. The summed E-state index contributed by atoms with van der Waals surface area (Å²) < 4.78 is 31.1. The van der Waals surface area contributed by atoms with Crippen LogP contribution in [0.25, 0.3) is 11.0 Å². The molecule has 2 heterocycles. The number of aryl methyl sites for hydroxylation is 2. The van der Waals surface area contributed by atoms with Crippen molar-refractivity contribution in [2.75, 3.05) is 20.1 Å². The van der Waals surface area contributed by atoms with Crippen molar-refractivity contribution in [3.8, 4) is 0 Å². The zero-order valence-corrected chi connectivity index (χ0v) is 14.6. The summed E-state index contributed by atoms with van der Waals surface area (Å²) in [5.74, 6) is 0.264. The Hall–Kier alpha value is -1.64. The first-order valence-electron chi connectivity index (χ1n) is 7.57. The lowest BCUT2D eigenvalue weighted by Gasteiger charge is -2.16. The Morgan fingerprint density at radius 2 is 1.74 bits per heavy atom. The number of sulfonamides is 1. The minimum absolute atomic E-state index is 0.0970. The predicted molar refractivity (Wildman–Crippen MR) is 88.9 cm³/mol. The Kier molecular flexibility index (Phi) is 3.86. The highest BCUT2D eigenvalue weighted by molar-refractivity contribution is 7.89. The van der Waals surface area contributed by atoms with E-state index < -0.39 is 10.0 Å². The van der Waals surface area contributed by atoms with Crippen LogP contribution in [0.2, 0.25) is 0 Å². The van der Waals surface area contributed by atoms with Gasteiger partial charge in [0.2, 0.25) is 10.0 Å². The van der Waals surface area contributed by atoms with Gasteiger partial charge in [0, 0.05) is 33.2 Å². The molecule has 126 valence electrons. The normalized spacial score (nSPS) is 23.0. The summed E-state index contributed by atoms with van der Waals surface area (Å²) in [7, 11) is 1.68. The van der Waals surface area contributed by atoms with Gasteiger partial charge < -0.3 is 4.90 Å². The molecule has 0 amide bonds. The van der Waals surface area contributed by atoms with Crippen LogP contribution in [0.1, 0.15) is 6.92 Å². The zero-order valence-electron chi connectivity index (χ0n) is 13.8. The van der Waals surface area contributed by atoms with Gasteiger partial charge in [0.1, 0.15) is 0 Å². The summed E-state index contributed by atoms with van der Waals surface area (Å²) in [6, 6.07) is 4.69. The van der Waals surface area contributed by atoms with E-state index in [-0.39, 0.29) is 22.5 Å². The molecular weight excluding hydrogens is 316 g/mol. The molecular formula is C15H22N4O3S. The SMILES string of the molecule is CC1CN(C)CC1NS(=O)(=O)c1ccc2c(c1)n(C)c(=O)n2C. The Morgan fingerprint density at radius 1 is 1.09 bits per heavy atom. The minimum Gasteiger partial charge on any atom is -0.304 e. The van der Waals surface area contributed by atoms with E-state index >= 15 is 0 Å². The van der Waals surface area contributed by atoms with E-state index in [0.717, 1.165) is 6.54 Å². The van der Waals surface area contributed by atoms with Crippen LogP contribution in [0.15, 0.2) is 27.9 Å². The monoisotopic (exact) mass is 338 g/mol.